The number of halogens is 1. The van der Waals surface area contributed by atoms with Gasteiger partial charge in [-0.05, 0) is 48.9 Å². The fourth-order valence-electron chi connectivity index (χ4n) is 3.62. The number of anilines is 2. The highest BCUT2D eigenvalue weighted by atomic mass is 19.1. The Balaban J connectivity index is 1.42. The van der Waals surface area contributed by atoms with Crippen LogP contribution in [0.4, 0.5) is 15.8 Å². The average molecular weight is 416 g/mol. The first kappa shape index (κ1) is 21.7. The summed E-state index contributed by atoms with van der Waals surface area (Å²) < 4.78 is 18.3. The van der Waals surface area contributed by atoms with Gasteiger partial charge >= 0.3 is 0 Å². The Morgan fingerprint density at radius 3 is 2.07 bits per heavy atom. The SMILES string of the molecule is COc1ccc(C)cc1NC(=O)C[NH+]1CC[NH+](CC(=O)Nc2ccc(F)cc2)CC1. The van der Waals surface area contributed by atoms with E-state index in [1.165, 1.54) is 21.9 Å². The second-order valence-corrected chi connectivity index (χ2v) is 7.66. The number of nitrogens with one attached hydrogen (secondary N) is 4. The number of carbonyl (C=O) groups is 2. The minimum atomic E-state index is -0.331. The molecule has 3 rings (SSSR count). The number of benzene rings is 2. The third-order valence-corrected chi connectivity index (χ3v) is 5.24. The summed E-state index contributed by atoms with van der Waals surface area (Å²) >= 11 is 0. The highest BCUT2D eigenvalue weighted by Crippen LogP contribution is 2.24. The number of hydrogen-bond donors (Lipinski definition) is 4. The molecule has 1 heterocycles. The van der Waals surface area contributed by atoms with Crippen molar-refractivity contribution in [1.29, 1.82) is 0 Å². The first-order valence-electron chi connectivity index (χ1n) is 10.1. The molecule has 2 aromatic rings. The summed E-state index contributed by atoms with van der Waals surface area (Å²) in [7, 11) is 1.58. The smallest absolute Gasteiger partial charge is 0.279 e. The van der Waals surface area contributed by atoms with E-state index < -0.39 is 0 Å². The lowest BCUT2D eigenvalue weighted by molar-refractivity contribution is -1.00. The number of hydrogen-bond acceptors (Lipinski definition) is 3. The number of rotatable bonds is 7. The van der Waals surface area contributed by atoms with Crippen LogP contribution in [-0.4, -0.2) is 58.2 Å². The van der Waals surface area contributed by atoms with Crippen molar-refractivity contribution < 1.29 is 28.5 Å². The van der Waals surface area contributed by atoms with Gasteiger partial charge in [-0.1, -0.05) is 6.07 Å². The first-order chi connectivity index (χ1) is 14.4. The number of carbonyl (C=O) groups excluding carboxylic acids is 2. The predicted octanol–water partition coefficient (Wildman–Crippen LogP) is -0.497. The van der Waals surface area contributed by atoms with Gasteiger partial charge in [0.1, 0.15) is 37.7 Å². The lowest BCUT2D eigenvalue weighted by Crippen LogP contribution is -3.28. The van der Waals surface area contributed by atoms with Crippen molar-refractivity contribution in [1.82, 2.24) is 0 Å². The number of aryl methyl sites for hydroxylation is 1. The molecule has 30 heavy (non-hydrogen) atoms. The van der Waals surface area contributed by atoms with Crippen molar-refractivity contribution in [2.75, 3.05) is 57.0 Å². The van der Waals surface area contributed by atoms with E-state index >= 15 is 0 Å². The van der Waals surface area contributed by atoms with E-state index in [4.69, 9.17) is 4.74 Å². The number of quaternary nitrogens is 2. The monoisotopic (exact) mass is 416 g/mol. The minimum Gasteiger partial charge on any atom is -0.495 e. The standard InChI is InChI=1S/C22H27FN4O3/c1-16-3-8-20(30-2)19(13-16)25-22(29)15-27-11-9-26(10-12-27)14-21(28)24-18-6-4-17(23)5-7-18/h3-8,13H,9-12,14-15H2,1-2H3,(H,24,28)(H,25,29)/p+2. The molecular formula is C22H29FN4O3+2. The van der Waals surface area contributed by atoms with Crippen molar-refractivity contribution in [3.8, 4) is 5.75 Å². The zero-order valence-electron chi connectivity index (χ0n) is 17.4. The fourth-order valence-corrected chi connectivity index (χ4v) is 3.62. The third kappa shape index (κ3) is 6.27. The van der Waals surface area contributed by atoms with Gasteiger partial charge in [0, 0.05) is 5.69 Å². The molecule has 0 radical (unpaired) electrons. The zero-order valence-corrected chi connectivity index (χ0v) is 17.4. The first-order valence-corrected chi connectivity index (χ1v) is 10.1. The van der Waals surface area contributed by atoms with E-state index in [1.807, 2.05) is 25.1 Å². The van der Waals surface area contributed by atoms with Gasteiger partial charge < -0.3 is 25.2 Å². The number of methoxy groups -OCH3 is 1. The summed E-state index contributed by atoms with van der Waals surface area (Å²) in [6, 6.07) is 11.4. The van der Waals surface area contributed by atoms with Crippen LogP contribution in [0.3, 0.4) is 0 Å². The van der Waals surface area contributed by atoms with E-state index in [0.717, 1.165) is 31.7 Å². The molecule has 0 spiro atoms. The Morgan fingerprint density at radius 1 is 0.933 bits per heavy atom. The quantitative estimate of drug-likeness (QED) is 0.492. The van der Waals surface area contributed by atoms with E-state index in [-0.39, 0.29) is 17.6 Å². The minimum absolute atomic E-state index is 0.0496. The third-order valence-electron chi connectivity index (χ3n) is 5.24. The molecule has 160 valence electrons. The van der Waals surface area contributed by atoms with Crippen LogP contribution >= 0.6 is 0 Å². The molecule has 0 bridgehead atoms. The maximum Gasteiger partial charge on any atom is 0.279 e. The van der Waals surface area contributed by atoms with Gasteiger partial charge in [-0.2, -0.15) is 0 Å². The molecule has 4 N–H and O–H groups in total. The van der Waals surface area contributed by atoms with E-state index in [0.29, 0.717) is 30.2 Å². The van der Waals surface area contributed by atoms with Crippen LogP contribution in [-0.2, 0) is 9.59 Å². The van der Waals surface area contributed by atoms with Crippen LogP contribution in [0.5, 0.6) is 5.75 Å². The molecule has 0 aromatic heterocycles. The molecule has 1 saturated heterocycles. The van der Waals surface area contributed by atoms with Crippen LogP contribution in [0.25, 0.3) is 0 Å². The summed E-state index contributed by atoms with van der Waals surface area (Å²) in [6.45, 7) is 5.97. The van der Waals surface area contributed by atoms with E-state index in [9.17, 15) is 14.0 Å². The van der Waals surface area contributed by atoms with Gasteiger partial charge in [-0.25, -0.2) is 4.39 Å². The van der Waals surface area contributed by atoms with Gasteiger partial charge in [0.2, 0.25) is 0 Å². The number of piperazine rings is 1. The van der Waals surface area contributed by atoms with E-state index in [2.05, 4.69) is 10.6 Å². The molecule has 0 unspecified atom stereocenters. The van der Waals surface area contributed by atoms with Crippen molar-refractivity contribution in [2.45, 2.75) is 6.92 Å². The lowest BCUT2D eigenvalue weighted by Gasteiger charge is -2.29. The van der Waals surface area contributed by atoms with Crippen molar-refractivity contribution >= 4 is 23.2 Å². The van der Waals surface area contributed by atoms with Gasteiger partial charge in [0.15, 0.2) is 13.1 Å². The lowest BCUT2D eigenvalue weighted by atomic mass is 10.2. The van der Waals surface area contributed by atoms with Gasteiger partial charge in [0.25, 0.3) is 11.8 Å². The molecule has 0 aliphatic carbocycles. The van der Waals surface area contributed by atoms with Crippen molar-refractivity contribution in [2.24, 2.45) is 0 Å². The number of amides is 2. The highest BCUT2D eigenvalue weighted by Gasteiger charge is 2.26. The molecule has 1 fully saturated rings. The van der Waals surface area contributed by atoms with Crippen LogP contribution in [0.15, 0.2) is 42.5 Å². The van der Waals surface area contributed by atoms with Crippen molar-refractivity contribution in [3.05, 3.63) is 53.8 Å². The molecule has 7 nitrogen and oxygen atoms in total. The van der Waals surface area contributed by atoms with Gasteiger partial charge in [-0.15, -0.1) is 0 Å². The van der Waals surface area contributed by atoms with Crippen LogP contribution in [0.2, 0.25) is 0 Å². The predicted molar refractivity (Wildman–Crippen MR) is 113 cm³/mol. The summed E-state index contributed by atoms with van der Waals surface area (Å²) in [5.74, 6) is 0.170. The Hall–Kier alpha value is -2.97. The molecule has 0 saturated carbocycles. The van der Waals surface area contributed by atoms with Gasteiger partial charge in [-0.3, -0.25) is 9.59 Å². The molecule has 8 heteroatoms. The Kier molecular flexibility index (Phi) is 7.37. The summed E-state index contributed by atoms with van der Waals surface area (Å²) in [5.41, 5.74) is 2.33. The van der Waals surface area contributed by atoms with Crippen LogP contribution in [0, 0.1) is 12.7 Å². The highest BCUT2D eigenvalue weighted by molar-refractivity contribution is 5.93. The maximum atomic E-state index is 12.9. The average Bonchev–Trinajstić information content (AvgIpc) is 2.71. The summed E-state index contributed by atoms with van der Waals surface area (Å²) in [5, 5.41) is 5.74. The summed E-state index contributed by atoms with van der Waals surface area (Å²) in [4.78, 5) is 27.0. The molecule has 0 atom stereocenters. The topological polar surface area (TPSA) is 76.3 Å². The molecular weight excluding hydrogens is 387 g/mol. The molecule has 2 amide bonds. The second-order valence-electron chi connectivity index (χ2n) is 7.66. The Morgan fingerprint density at radius 2 is 1.50 bits per heavy atom. The van der Waals surface area contributed by atoms with Crippen LogP contribution < -0.4 is 25.2 Å². The van der Waals surface area contributed by atoms with E-state index in [1.54, 1.807) is 19.2 Å². The molecule has 1 aliphatic rings. The molecule has 1 aliphatic heterocycles. The fraction of sp³-hybridized carbons (Fsp3) is 0.364. The zero-order chi connectivity index (χ0) is 21.5. The Bertz CT molecular complexity index is 880. The largest absolute Gasteiger partial charge is 0.495 e. The Labute approximate surface area is 175 Å². The molecule has 2 aromatic carbocycles. The second kappa shape index (κ2) is 10.2. The van der Waals surface area contributed by atoms with Crippen molar-refractivity contribution in [3.63, 3.8) is 0 Å². The normalized spacial score (nSPS) is 18.5. The number of ether oxygens (including phenoxy) is 1. The van der Waals surface area contributed by atoms with Gasteiger partial charge in [0.05, 0.1) is 12.8 Å². The van der Waals surface area contributed by atoms with Crippen LogP contribution in [0.1, 0.15) is 5.56 Å². The summed E-state index contributed by atoms with van der Waals surface area (Å²) in [6.07, 6.45) is 0. The maximum absolute atomic E-state index is 12.9.